The van der Waals surface area contributed by atoms with Crippen molar-refractivity contribution < 1.29 is 4.39 Å². The van der Waals surface area contributed by atoms with Crippen molar-refractivity contribution in [1.82, 2.24) is 0 Å². The van der Waals surface area contributed by atoms with Crippen molar-refractivity contribution in [3.05, 3.63) is 63.9 Å². The highest BCUT2D eigenvalue weighted by Gasteiger charge is 2.13. The summed E-state index contributed by atoms with van der Waals surface area (Å²) in [6, 6.07) is 14.1. The minimum absolute atomic E-state index is 0.220. The Morgan fingerprint density at radius 2 is 1.90 bits per heavy atom. The molecule has 0 radical (unpaired) electrons. The van der Waals surface area contributed by atoms with Crippen LogP contribution in [-0.4, -0.2) is 0 Å². The molecule has 2 aromatic rings. The molecule has 0 aromatic heterocycles. The molecule has 0 aliphatic rings. The first-order chi connectivity index (χ1) is 10.1. The van der Waals surface area contributed by atoms with E-state index in [0.717, 1.165) is 30.5 Å². The Hall–Kier alpha value is -1.35. The highest BCUT2D eigenvalue weighted by molar-refractivity contribution is 9.10. The van der Waals surface area contributed by atoms with Gasteiger partial charge in [-0.15, -0.1) is 0 Å². The van der Waals surface area contributed by atoms with Crippen molar-refractivity contribution in [3.63, 3.8) is 0 Å². The molecule has 0 saturated carbocycles. The van der Waals surface area contributed by atoms with Gasteiger partial charge >= 0.3 is 0 Å². The number of benzene rings is 2. The van der Waals surface area contributed by atoms with E-state index >= 15 is 0 Å². The molecule has 0 aliphatic carbocycles. The lowest BCUT2D eigenvalue weighted by Crippen LogP contribution is -2.12. The van der Waals surface area contributed by atoms with E-state index < -0.39 is 0 Å². The van der Waals surface area contributed by atoms with Crippen molar-refractivity contribution in [2.24, 2.45) is 0 Å². The average molecular weight is 350 g/mol. The number of nitrogens with one attached hydrogen (secondary N) is 1. The third kappa shape index (κ3) is 4.31. The fourth-order valence-electron chi connectivity index (χ4n) is 2.41. The SMILES string of the molecule is CCCCC(Nc1cc(Br)c(F)cc1C)c1ccccc1. The maximum atomic E-state index is 13.5. The Balaban J connectivity index is 2.25. The van der Waals surface area contributed by atoms with Gasteiger partial charge in [0.05, 0.1) is 10.5 Å². The summed E-state index contributed by atoms with van der Waals surface area (Å²) in [5.74, 6) is -0.220. The van der Waals surface area contributed by atoms with Crippen molar-refractivity contribution in [2.45, 2.75) is 39.2 Å². The summed E-state index contributed by atoms with van der Waals surface area (Å²) in [6.07, 6.45) is 3.39. The lowest BCUT2D eigenvalue weighted by Gasteiger charge is -2.22. The number of hydrogen-bond donors (Lipinski definition) is 1. The van der Waals surface area contributed by atoms with Crippen LogP contribution >= 0.6 is 15.9 Å². The zero-order valence-corrected chi connectivity index (χ0v) is 14.1. The molecule has 0 saturated heterocycles. The van der Waals surface area contributed by atoms with Crippen LogP contribution in [0.3, 0.4) is 0 Å². The van der Waals surface area contributed by atoms with Gasteiger partial charge in [-0.2, -0.15) is 0 Å². The number of anilines is 1. The molecule has 1 atom stereocenters. The number of halogens is 2. The molecule has 1 N–H and O–H groups in total. The fourth-order valence-corrected chi connectivity index (χ4v) is 2.75. The zero-order chi connectivity index (χ0) is 15.2. The monoisotopic (exact) mass is 349 g/mol. The summed E-state index contributed by atoms with van der Waals surface area (Å²) >= 11 is 3.26. The van der Waals surface area contributed by atoms with Crippen molar-refractivity contribution in [3.8, 4) is 0 Å². The molecular weight excluding hydrogens is 329 g/mol. The molecule has 1 nitrogen and oxygen atoms in total. The second kappa shape index (κ2) is 7.60. The van der Waals surface area contributed by atoms with Crippen LogP contribution in [0.1, 0.15) is 43.4 Å². The number of aryl methyl sites for hydroxylation is 1. The zero-order valence-electron chi connectivity index (χ0n) is 12.5. The summed E-state index contributed by atoms with van der Waals surface area (Å²) in [4.78, 5) is 0. The van der Waals surface area contributed by atoms with E-state index in [2.05, 4.69) is 52.4 Å². The van der Waals surface area contributed by atoms with E-state index in [1.807, 2.05) is 19.1 Å². The van der Waals surface area contributed by atoms with Crippen molar-refractivity contribution >= 4 is 21.6 Å². The average Bonchev–Trinajstić information content (AvgIpc) is 2.49. The second-order valence-electron chi connectivity index (χ2n) is 5.33. The van der Waals surface area contributed by atoms with E-state index in [1.54, 1.807) is 6.07 Å². The van der Waals surface area contributed by atoms with Crippen LogP contribution in [0.4, 0.5) is 10.1 Å². The molecule has 1 unspecified atom stereocenters. The van der Waals surface area contributed by atoms with Gasteiger partial charge in [0, 0.05) is 5.69 Å². The van der Waals surface area contributed by atoms with Gasteiger partial charge in [-0.3, -0.25) is 0 Å². The van der Waals surface area contributed by atoms with Crippen LogP contribution in [0.25, 0.3) is 0 Å². The van der Waals surface area contributed by atoms with Crippen LogP contribution in [0, 0.1) is 12.7 Å². The maximum Gasteiger partial charge on any atom is 0.137 e. The van der Waals surface area contributed by atoms with Crippen LogP contribution in [0.5, 0.6) is 0 Å². The quantitative estimate of drug-likeness (QED) is 0.650. The predicted octanol–water partition coefficient (Wildman–Crippen LogP) is 6.24. The molecular formula is C18H21BrFN. The standard InChI is InChI=1S/C18H21BrFN/c1-3-4-10-17(14-8-6-5-7-9-14)21-18-12-15(19)16(20)11-13(18)2/h5-9,11-12,17,21H,3-4,10H2,1-2H3. The summed E-state index contributed by atoms with van der Waals surface area (Å²) in [5, 5.41) is 3.57. The van der Waals surface area contributed by atoms with Crippen LogP contribution in [-0.2, 0) is 0 Å². The number of rotatable bonds is 6. The Morgan fingerprint density at radius 1 is 1.19 bits per heavy atom. The lowest BCUT2D eigenvalue weighted by molar-refractivity contribution is 0.617. The summed E-state index contributed by atoms with van der Waals surface area (Å²) < 4.78 is 14.0. The largest absolute Gasteiger partial charge is 0.378 e. The molecule has 0 fully saturated rings. The van der Waals surface area contributed by atoms with Gasteiger partial charge in [0.25, 0.3) is 0 Å². The van der Waals surface area contributed by atoms with E-state index in [9.17, 15) is 4.39 Å². The third-order valence-corrected chi connectivity index (χ3v) is 4.25. The molecule has 0 bridgehead atoms. The second-order valence-corrected chi connectivity index (χ2v) is 6.19. The topological polar surface area (TPSA) is 12.0 Å². The molecule has 0 amide bonds. The molecule has 21 heavy (non-hydrogen) atoms. The van der Waals surface area contributed by atoms with Gasteiger partial charge < -0.3 is 5.32 Å². The van der Waals surface area contributed by atoms with Gasteiger partial charge in [0.2, 0.25) is 0 Å². The summed E-state index contributed by atoms with van der Waals surface area (Å²) in [7, 11) is 0. The molecule has 0 heterocycles. The van der Waals surface area contributed by atoms with Crippen LogP contribution in [0.15, 0.2) is 46.9 Å². The highest BCUT2D eigenvalue weighted by Crippen LogP contribution is 2.29. The predicted molar refractivity (Wildman–Crippen MR) is 91.2 cm³/mol. The van der Waals surface area contributed by atoms with E-state index in [4.69, 9.17) is 0 Å². The molecule has 2 rings (SSSR count). The van der Waals surface area contributed by atoms with Crippen molar-refractivity contribution in [1.29, 1.82) is 0 Å². The first kappa shape index (κ1) is 16.0. The first-order valence-corrected chi connectivity index (χ1v) is 8.18. The van der Waals surface area contributed by atoms with E-state index in [-0.39, 0.29) is 11.9 Å². The smallest absolute Gasteiger partial charge is 0.137 e. The van der Waals surface area contributed by atoms with E-state index in [0.29, 0.717) is 4.47 Å². The van der Waals surface area contributed by atoms with Gasteiger partial charge in [-0.1, -0.05) is 50.1 Å². The van der Waals surface area contributed by atoms with Gasteiger partial charge in [-0.25, -0.2) is 4.39 Å². The Labute approximate surface area is 134 Å². The molecule has 0 aliphatic heterocycles. The van der Waals surface area contributed by atoms with Gasteiger partial charge in [0.1, 0.15) is 5.82 Å². The Bertz CT molecular complexity index is 583. The summed E-state index contributed by atoms with van der Waals surface area (Å²) in [6.45, 7) is 4.13. The van der Waals surface area contributed by atoms with Crippen LogP contribution in [0.2, 0.25) is 0 Å². The van der Waals surface area contributed by atoms with Crippen LogP contribution < -0.4 is 5.32 Å². The summed E-state index contributed by atoms with van der Waals surface area (Å²) in [5.41, 5.74) is 3.17. The highest BCUT2D eigenvalue weighted by atomic mass is 79.9. The Morgan fingerprint density at radius 3 is 2.57 bits per heavy atom. The molecule has 112 valence electrons. The third-order valence-electron chi connectivity index (χ3n) is 3.65. The normalized spacial score (nSPS) is 12.2. The first-order valence-electron chi connectivity index (χ1n) is 7.39. The van der Waals surface area contributed by atoms with E-state index in [1.165, 1.54) is 5.56 Å². The fraction of sp³-hybridized carbons (Fsp3) is 0.333. The molecule has 3 heteroatoms. The molecule has 2 aromatic carbocycles. The number of hydrogen-bond acceptors (Lipinski definition) is 1. The Kier molecular flexibility index (Phi) is 5.80. The molecule has 0 spiro atoms. The van der Waals surface area contributed by atoms with Crippen molar-refractivity contribution in [2.75, 3.05) is 5.32 Å². The minimum atomic E-state index is -0.220. The maximum absolute atomic E-state index is 13.5. The number of unbranched alkanes of at least 4 members (excludes halogenated alkanes) is 1. The minimum Gasteiger partial charge on any atom is -0.378 e. The van der Waals surface area contributed by atoms with Gasteiger partial charge in [-0.05, 0) is 52.5 Å². The lowest BCUT2D eigenvalue weighted by atomic mass is 10.0. The van der Waals surface area contributed by atoms with Gasteiger partial charge in [0.15, 0.2) is 0 Å².